The van der Waals surface area contributed by atoms with E-state index in [1.807, 2.05) is 37.7 Å². The van der Waals surface area contributed by atoms with Crippen molar-refractivity contribution >= 4 is 34.0 Å². The Morgan fingerprint density at radius 1 is 1.24 bits per heavy atom. The van der Waals surface area contributed by atoms with E-state index in [2.05, 4.69) is 14.5 Å². The zero-order valence-corrected chi connectivity index (χ0v) is 16.3. The quantitative estimate of drug-likeness (QED) is 0.685. The highest BCUT2D eigenvalue weighted by Gasteiger charge is 2.19. The third-order valence-corrected chi connectivity index (χ3v) is 5.79. The predicted molar refractivity (Wildman–Crippen MR) is 103 cm³/mol. The van der Waals surface area contributed by atoms with Gasteiger partial charge in [0.05, 0.1) is 11.1 Å². The van der Waals surface area contributed by atoms with Crippen LogP contribution in [0.1, 0.15) is 22.2 Å². The molecule has 3 aromatic heterocycles. The molecule has 0 amide bonds. The molecule has 0 radical (unpaired) electrons. The molecule has 6 nitrogen and oxygen atoms in total. The van der Waals surface area contributed by atoms with Crippen LogP contribution in [-0.4, -0.2) is 37.1 Å². The summed E-state index contributed by atoms with van der Waals surface area (Å²) in [7, 11) is 2.05. The van der Waals surface area contributed by atoms with Crippen molar-refractivity contribution in [1.82, 2.24) is 24.0 Å². The van der Waals surface area contributed by atoms with Crippen molar-refractivity contribution < 1.29 is 0 Å². The molecule has 4 heterocycles. The predicted octanol–water partition coefficient (Wildman–Crippen LogP) is 2.29. The fraction of sp³-hybridized carbons (Fsp3) is 0.471. The highest BCUT2D eigenvalue weighted by atomic mass is 35.5. The first-order chi connectivity index (χ1) is 11.5. The van der Waals surface area contributed by atoms with Crippen LogP contribution in [0.3, 0.4) is 0 Å². The van der Waals surface area contributed by atoms with E-state index in [0.29, 0.717) is 6.54 Å². The maximum atomic E-state index is 12.8. The van der Waals surface area contributed by atoms with Crippen LogP contribution in [0.25, 0.3) is 10.2 Å². The van der Waals surface area contributed by atoms with Crippen LogP contribution in [-0.2, 0) is 26.6 Å². The van der Waals surface area contributed by atoms with Gasteiger partial charge in [0.1, 0.15) is 16.5 Å². The molecule has 0 spiro atoms. The zero-order valence-electron chi connectivity index (χ0n) is 14.7. The molecule has 0 saturated carbocycles. The minimum Gasteiger partial charge on any atom is -0.334 e. The third kappa shape index (κ3) is 3.23. The smallest absolute Gasteiger partial charge is 0.262 e. The van der Waals surface area contributed by atoms with Gasteiger partial charge in [0, 0.05) is 50.7 Å². The van der Waals surface area contributed by atoms with Gasteiger partial charge in [0.15, 0.2) is 0 Å². The second-order valence-electron chi connectivity index (χ2n) is 6.44. The van der Waals surface area contributed by atoms with E-state index in [-0.39, 0.29) is 18.0 Å². The molecule has 0 aromatic carbocycles. The van der Waals surface area contributed by atoms with Crippen molar-refractivity contribution in [2.24, 2.45) is 7.05 Å². The number of imidazole rings is 1. The van der Waals surface area contributed by atoms with Crippen molar-refractivity contribution in [2.75, 3.05) is 13.1 Å². The summed E-state index contributed by atoms with van der Waals surface area (Å²) in [6.07, 6.45) is 2.75. The van der Waals surface area contributed by atoms with E-state index >= 15 is 0 Å². The second-order valence-corrected chi connectivity index (χ2v) is 7.68. The largest absolute Gasteiger partial charge is 0.334 e. The summed E-state index contributed by atoms with van der Waals surface area (Å²) in [4.78, 5) is 26.3. The molecule has 1 aliphatic rings. The van der Waals surface area contributed by atoms with Crippen molar-refractivity contribution in [1.29, 1.82) is 0 Å². The highest BCUT2D eigenvalue weighted by Crippen LogP contribution is 2.21. The van der Waals surface area contributed by atoms with Crippen molar-refractivity contribution in [3.8, 4) is 0 Å². The molecule has 25 heavy (non-hydrogen) atoms. The minimum atomic E-state index is 0. The summed E-state index contributed by atoms with van der Waals surface area (Å²) in [6, 6.07) is 1.96. The average Bonchev–Trinajstić information content (AvgIpc) is 2.99. The Bertz CT molecular complexity index is 973. The Hall–Kier alpha value is -1.70. The Kier molecular flexibility index (Phi) is 4.99. The topological polar surface area (TPSA) is 56.0 Å². The van der Waals surface area contributed by atoms with Crippen molar-refractivity contribution in [3.63, 3.8) is 0 Å². The van der Waals surface area contributed by atoms with Crippen LogP contribution in [0.2, 0.25) is 0 Å². The Morgan fingerprint density at radius 2 is 2.04 bits per heavy atom. The van der Waals surface area contributed by atoms with E-state index in [0.717, 1.165) is 52.8 Å². The Balaban J connectivity index is 0.00000182. The molecule has 0 unspecified atom stereocenters. The first-order valence-corrected chi connectivity index (χ1v) is 9.04. The van der Waals surface area contributed by atoms with Crippen LogP contribution in [0.15, 0.2) is 17.1 Å². The molecule has 0 N–H and O–H groups in total. The molecule has 8 heteroatoms. The van der Waals surface area contributed by atoms with Gasteiger partial charge < -0.3 is 4.57 Å². The van der Waals surface area contributed by atoms with Gasteiger partial charge in [-0.05, 0) is 19.9 Å². The van der Waals surface area contributed by atoms with E-state index < -0.39 is 0 Å². The number of hydrogen-bond acceptors (Lipinski definition) is 5. The summed E-state index contributed by atoms with van der Waals surface area (Å²) in [5.74, 6) is 1.94. The lowest BCUT2D eigenvalue weighted by Gasteiger charge is -2.19. The number of nitrogens with zero attached hydrogens (tertiary/aromatic N) is 5. The number of rotatable bonds is 2. The zero-order chi connectivity index (χ0) is 16.8. The summed E-state index contributed by atoms with van der Waals surface area (Å²) < 4.78 is 3.99. The first-order valence-electron chi connectivity index (χ1n) is 8.22. The maximum Gasteiger partial charge on any atom is 0.262 e. The molecular formula is C17H22ClN5OS. The highest BCUT2D eigenvalue weighted by molar-refractivity contribution is 7.18. The molecular weight excluding hydrogens is 358 g/mol. The summed E-state index contributed by atoms with van der Waals surface area (Å²) in [5, 5.41) is 0.761. The number of halogens is 1. The Labute approximate surface area is 156 Å². The van der Waals surface area contributed by atoms with Crippen LogP contribution in [0, 0.1) is 13.8 Å². The molecule has 4 rings (SSSR count). The molecule has 134 valence electrons. The fourth-order valence-electron chi connectivity index (χ4n) is 3.29. The van der Waals surface area contributed by atoms with Crippen LogP contribution < -0.4 is 5.56 Å². The number of thiophene rings is 1. The molecule has 0 saturated heterocycles. The molecule has 1 aliphatic heterocycles. The van der Waals surface area contributed by atoms with Gasteiger partial charge in [0.2, 0.25) is 0 Å². The standard InChI is InChI=1S/C17H21N5OS.ClH/c1-11-8-14-16(24-11)19-15-4-5-21(6-7-22(15)17(14)23)10-13-9-18-12(2)20(13)3;/h8-9H,4-7,10H2,1-3H3;1H. The number of hydrogen-bond donors (Lipinski definition) is 0. The van der Waals surface area contributed by atoms with Crippen LogP contribution in [0.4, 0.5) is 0 Å². The van der Waals surface area contributed by atoms with Crippen molar-refractivity contribution in [2.45, 2.75) is 33.4 Å². The summed E-state index contributed by atoms with van der Waals surface area (Å²) >= 11 is 1.60. The van der Waals surface area contributed by atoms with Crippen LogP contribution >= 0.6 is 23.7 Å². The molecule has 0 atom stereocenters. The second kappa shape index (κ2) is 6.90. The van der Waals surface area contributed by atoms with Gasteiger partial charge in [-0.15, -0.1) is 23.7 Å². The average molecular weight is 380 g/mol. The van der Waals surface area contributed by atoms with E-state index in [1.54, 1.807) is 11.3 Å². The number of aromatic nitrogens is 4. The third-order valence-electron chi connectivity index (χ3n) is 4.85. The van der Waals surface area contributed by atoms with Crippen molar-refractivity contribution in [3.05, 3.63) is 44.8 Å². The lowest BCUT2D eigenvalue weighted by Crippen LogP contribution is -2.29. The molecule has 0 aliphatic carbocycles. The lowest BCUT2D eigenvalue weighted by molar-refractivity contribution is 0.265. The SMILES string of the molecule is Cc1cc2c(=O)n3c(nc2s1)CCN(Cc1cnc(C)n1C)CC3.Cl. The van der Waals surface area contributed by atoms with Gasteiger partial charge in [-0.2, -0.15) is 0 Å². The summed E-state index contributed by atoms with van der Waals surface area (Å²) in [6.45, 7) is 7.36. The van der Waals surface area contributed by atoms with Crippen LogP contribution in [0.5, 0.6) is 0 Å². The van der Waals surface area contributed by atoms with E-state index in [9.17, 15) is 4.79 Å². The van der Waals surface area contributed by atoms with Gasteiger partial charge in [-0.25, -0.2) is 9.97 Å². The molecule has 0 fully saturated rings. The van der Waals surface area contributed by atoms with E-state index in [1.165, 1.54) is 5.69 Å². The fourth-order valence-corrected chi connectivity index (χ4v) is 4.18. The normalized spacial score (nSPS) is 15.0. The minimum absolute atomic E-state index is 0. The molecule has 0 bridgehead atoms. The number of fused-ring (bicyclic) bond motifs is 2. The monoisotopic (exact) mass is 379 g/mol. The summed E-state index contributed by atoms with van der Waals surface area (Å²) in [5.41, 5.74) is 1.31. The number of aryl methyl sites for hydroxylation is 2. The van der Waals surface area contributed by atoms with Gasteiger partial charge in [-0.3, -0.25) is 14.3 Å². The lowest BCUT2D eigenvalue weighted by atomic mass is 10.3. The molecule has 3 aromatic rings. The maximum absolute atomic E-state index is 12.8. The van der Waals surface area contributed by atoms with E-state index in [4.69, 9.17) is 4.98 Å². The first kappa shape index (κ1) is 18.1. The Morgan fingerprint density at radius 3 is 2.76 bits per heavy atom. The van der Waals surface area contributed by atoms with Gasteiger partial charge in [0.25, 0.3) is 5.56 Å². The van der Waals surface area contributed by atoms with Gasteiger partial charge >= 0.3 is 0 Å². The van der Waals surface area contributed by atoms with Gasteiger partial charge in [-0.1, -0.05) is 0 Å².